The van der Waals surface area contributed by atoms with Crippen molar-refractivity contribution in [1.82, 2.24) is 9.97 Å². The van der Waals surface area contributed by atoms with Gasteiger partial charge < -0.3 is 10.2 Å². The Balaban J connectivity index is 1.68. The predicted octanol–water partition coefficient (Wildman–Crippen LogP) is 3.39. The molecule has 0 unspecified atom stereocenters. The molecule has 1 N–H and O–H groups in total. The highest BCUT2D eigenvalue weighted by Crippen LogP contribution is 2.30. The molecule has 1 fully saturated rings. The number of anilines is 2. The fourth-order valence-electron chi connectivity index (χ4n) is 3.31. The molecular weight excluding hydrogens is 318 g/mol. The molecule has 3 rings (SSSR count). The summed E-state index contributed by atoms with van der Waals surface area (Å²) in [7, 11) is 0. The lowest BCUT2D eigenvalue weighted by Crippen LogP contribution is -2.39. The summed E-state index contributed by atoms with van der Waals surface area (Å²) in [5, 5.41) is 14.7. The Hall–Kier alpha value is -2.70. The average molecular weight is 341 g/mol. The molecule has 1 aromatic heterocycles. The predicted molar refractivity (Wildman–Crippen MR) is 98.2 cm³/mol. The van der Waals surface area contributed by atoms with Crippen LogP contribution >= 0.6 is 0 Å². The number of aryl methyl sites for hydroxylation is 3. The molecule has 1 saturated heterocycles. The minimum atomic E-state index is -0.323. The fourth-order valence-corrected chi connectivity index (χ4v) is 3.31. The molecule has 0 bridgehead atoms. The van der Waals surface area contributed by atoms with E-state index in [1.165, 1.54) is 0 Å². The minimum absolute atomic E-state index is 0.143. The molecular formula is C18H23N5O2. The van der Waals surface area contributed by atoms with Crippen molar-refractivity contribution in [3.8, 4) is 0 Å². The van der Waals surface area contributed by atoms with Crippen molar-refractivity contribution in [2.24, 2.45) is 0 Å². The molecule has 2 aromatic rings. The Morgan fingerprint density at radius 3 is 2.56 bits per heavy atom. The molecule has 25 heavy (non-hydrogen) atoms. The zero-order valence-electron chi connectivity index (χ0n) is 14.8. The number of piperidine rings is 1. The van der Waals surface area contributed by atoms with Gasteiger partial charge in [-0.25, -0.2) is 9.97 Å². The van der Waals surface area contributed by atoms with Gasteiger partial charge in [0.1, 0.15) is 17.3 Å². The number of nitro benzene ring substituents is 1. The molecule has 1 aromatic carbocycles. The lowest BCUT2D eigenvalue weighted by atomic mass is 10.0. The number of nitrogens with one attached hydrogen (secondary N) is 1. The molecule has 0 spiro atoms. The van der Waals surface area contributed by atoms with Crippen molar-refractivity contribution < 1.29 is 4.92 Å². The van der Waals surface area contributed by atoms with Crippen molar-refractivity contribution in [3.63, 3.8) is 0 Å². The molecule has 1 aliphatic heterocycles. The molecule has 132 valence electrons. The summed E-state index contributed by atoms with van der Waals surface area (Å²) >= 11 is 0. The van der Waals surface area contributed by atoms with Crippen molar-refractivity contribution in [2.45, 2.75) is 39.7 Å². The third-order valence-electron chi connectivity index (χ3n) is 4.57. The van der Waals surface area contributed by atoms with Gasteiger partial charge in [-0.15, -0.1) is 0 Å². The first kappa shape index (κ1) is 17.1. The summed E-state index contributed by atoms with van der Waals surface area (Å²) in [5.41, 5.74) is 2.65. The second-order valence-corrected chi connectivity index (χ2v) is 6.55. The maximum atomic E-state index is 11.3. The Labute approximate surface area is 147 Å². The van der Waals surface area contributed by atoms with E-state index in [1.807, 2.05) is 32.9 Å². The fraction of sp³-hybridized carbons (Fsp3) is 0.444. The summed E-state index contributed by atoms with van der Waals surface area (Å²) in [6, 6.07) is 7.40. The molecule has 0 amide bonds. The molecule has 2 heterocycles. The van der Waals surface area contributed by atoms with E-state index in [0.717, 1.165) is 48.8 Å². The smallest absolute Gasteiger partial charge is 0.292 e. The van der Waals surface area contributed by atoms with Crippen LogP contribution < -0.4 is 10.2 Å². The number of benzene rings is 1. The monoisotopic (exact) mass is 341 g/mol. The number of aromatic nitrogens is 2. The molecule has 0 saturated carbocycles. The van der Waals surface area contributed by atoms with E-state index in [9.17, 15) is 10.1 Å². The summed E-state index contributed by atoms with van der Waals surface area (Å²) in [6.45, 7) is 7.52. The van der Waals surface area contributed by atoms with Crippen LogP contribution in [0.3, 0.4) is 0 Å². The Kier molecular flexibility index (Phi) is 4.83. The first-order chi connectivity index (χ1) is 11.9. The molecule has 0 aliphatic carbocycles. The van der Waals surface area contributed by atoms with Crippen LogP contribution in [0, 0.1) is 30.9 Å². The number of nitro groups is 1. The Bertz CT molecular complexity index is 765. The number of nitrogens with zero attached hydrogens (tertiary/aromatic N) is 4. The first-order valence-electron chi connectivity index (χ1n) is 8.52. The maximum Gasteiger partial charge on any atom is 0.292 e. The molecule has 0 radical (unpaired) electrons. The van der Waals surface area contributed by atoms with Gasteiger partial charge in [-0.2, -0.15) is 0 Å². The van der Waals surface area contributed by atoms with E-state index in [1.54, 1.807) is 12.1 Å². The number of para-hydroxylation sites is 1. The van der Waals surface area contributed by atoms with Crippen LogP contribution in [0.25, 0.3) is 0 Å². The Morgan fingerprint density at radius 2 is 1.92 bits per heavy atom. The van der Waals surface area contributed by atoms with Gasteiger partial charge in [-0.1, -0.05) is 12.1 Å². The van der Waals surface area contributed by atoms with Crippen molar-refractivity contribution in [1.29, 1.82) is 0 Å². The highest BCUT2D eigenvalue weighted by molar-refractivity contribution is 5.66. The van der Waals surface area contributed by atoms with Crippen molar-refractivity contribution >= 4 is 17.2 Å². The molecule has 7 heteroatoms. The van der Waals surface area contributed by atoms with E-state index in [0.29, 0.717) is 5.69 Å². The standard InChI is InChI=1S/C18H23N5O2/c1-12-5-4-6-16(23(24)25)18(12)21-15-7-9-22(10-8-15)17-11-13(2)19-14(3)20-17/h4-6,11,15,21H,7-10H2,1-3H3. The highest BCUT2D eigenvalue weighted by atomic mass is 16.6. The van der Waals surface area contributed by atoms with Crippen LogP contribution in [0.5, 0.6) is 0 Å². The lowest BCUT2D eigenvalue weighted by molar-refractivity contribution is -0.384. The Morgan fingerprint density at radius 1 is 1.20 bits per heavy atom. The number of hydrogen-bond donors (Lipinski definition) is 1. The zero-order chi connectivity index (χ0) is 18.0. The summed E-state index contributed by atoms with van der Waals surface area (Å²) in [5.74, 6) is 1.75. The van der Waals surface area contributed by atoms with Gasteiger partial charge in [0.05, 0.1) is 4.92 Å². The minimum Gasteiger partial charge on any atom is -0.376 e. The van der Waals surface area contributed by atoms with Gasteiger partial charge in [0.2, 0.25) is 0 Å². The third kappa shape index (κ3) is 3.87. The van der Waals surface area contributed by atoms with Crippen molar-refractivity contribution in [3.05, 3.63) is 51.5 Å². The number of hydrogen-bond acceptors (Lipinski definition) is 6. The van der Waals surface area contributed by atoms with E-state index < -0.39 is 0 Å². The van der Waals surface area contributed by atoms with Gasteiger partial charge in [-0.3, -0.25) is 10.1 Å². The van der Waals surface area contributed by atoms with Gasteiger partial charge in [0.15, 0.2) is 0 Å². The zero-order valence-corrected chi connectivity index (χ0v) is 14.8. The highest BCUT2D eigenvalue weighted by Gasteiger charge is 2.24. The van der Waals surface area contributed by atoms with Gasteiger partial charge in [0, 0.05) is 37.0 Å². The van der Waals surface area contributed by atoms with Crippen LogP contribution in [0.2, 0.25) is 0 Å². The van der Waals surface area contributed by atoms with Crippen LogP contribution in [0.15, 0.2) is 24.3 Å². The topological polar surface area (TPSA) is 84.2 Å². The third-order valence-corrected chi connectivity index (χ3v) is 4.57. The van der Waals surface area contributed by atoms with Gasteiger partial charge >= 0.3 is 0 Å². The maximum absolute atomic E-state index is 11.3. The van der Waals surface area contributed by atoms with E-state index >= 15 is 0 Å². The lowest BCUT2D eigenvalue weighted by Gasteiger charge is -2.34. The van der Waals surface area contributed by atoms with Crippen LogP contribution in [0.1, 0.15) is 29.9 Å². The van der Waals surface area contributed by atoms with Crippen LogP contribution in [-0.2, 0) is 0 Å². The van der Waals surface area contributed by atoms with Crippen LogP contribution in [0.4, 0.5) is 17.2 Å². The van der Waals surface area contributed by atoms with E-state index in [-0.39, 0.29) is 16.7 Å². The largest absolute Gasteiger partial charge is 0.376 e. The second-order valence-electron chi connectivity index (χ2n) is 6.55. The summed E-state index contributed by atoms with van der Waals surface area (Å²) < 4.78 is 0. The molecule has 0 atom stereocenters. The van der Waals surface area contributed by atoms with E-state index in [4.69, 9.17) is 0 Å². The average Bonchev–Trinajstić information content (AvgIpc) is 2.56. The van der Waals surface area contributed by atoms with Gasteiger partial charge in [-0.05, 0) is 39.2 Å². The molecule has 1 aliphatic rings. The SMILES string of the molecule is Cc1cc(N2CCC(Nc3c(C)cccc3[N+](=O)[O-])CC2)nc(C)n1. The quantitative estimate of drug-likeness (QED) is 0.678. The van der Waals surface area contributed by atoms with Gasteiger partial charge in [0.25, 0.3) is 5.69 Å². The summed E-state index contributed by atoms with van der Waals surface area (Å²) in [6.07, 6.45) is 1.82. The number of rotatable bonds is 4. The second kappa shape index (κ2) is 7.04. The first-order valence-corrected chi connectivity index (χ1v) is 8.52. The normalized spacial score (nSPS) is 15.2. The summed E-state index contributed by atoms with van der Waals surface area (Å²) in [4.78, 5) is 22.0. The van der Waals surface area contributed by atoms with Crippen molar-refractivity contribution in [2.75, 3.05) is 23.3 Å². The van der Waals surface area contributed by atoms with Crippen LogP contribution in [-0.4, -0.2) is 34.0 Å². The van der Waals surface area contributed by atoms with E-state index in [2.05, 4.69) is 20.2 Å². The molecule has 7 nitrogen and oxygen atoms in total.